The highest BCUT2D eigenvalue weighted by Crippen LogP contribution is 2.41. The molecular weight excluding hydrogens is 328 g/mol. The van der Waals surface area contributed by atoms with E-state index in [-0.39, 0.29) is 18.2 Å². The van der Waals surface area contributed by atoms with Crippen molar-refractivity contribution in [1.29, 1.82) is 0 Å². The van der Waals surface area contributed by atoms with Crippen molar-refractivity contribution in [2.45, 2.75) is 17.5 Å². The highest BCUT2D eigenvalue weighted by atomic mass is 32.2. The molecule has 2 atom stereocenters. The lowest BCUT2D eigenvalue weighted by molar-refractivity contribution is -0.158. The summed E-state index contributed by atoms with van der Waals surface area (Å²) in [7, 11) is 0. The molecule has 3 rings (SSSR count). The Bertz CT molecular complexity index is 690. The van der Waals surface area contributed by atoms with Crippen LogP contribution in [0.1, 0.15) is 5.89 Å². The summed E-state index contributed by atoms with van der Waals surface area (Å²) in [6.45, 7) is 0. The minimum atomic E-state index is -1.63. The van der Waals surface area contributed by atoms with Crippen LogP contribution in [0.25, 0.3) is 0 Å². The zero-order chi connectivity index (χ0) is 16.6. The number of ether oxygens (including phenoxy) is 1. The largest absolute Gasteiger partial charge is 0.512 e. The molecule has 23 heavy (non-hydrogen) atoms. The standard InChI is InChI=1S/C12H12N4O6S/c13-12(15-6(17)5-7-14-2-3-21-7)9(18)16-8(22-11(19)20)1-4-23-10(12)16/h1-3,10H,4-5,13H2,(H,15,17)(H,19,20)/t10-,12-/m0/s1. The Labute approximate surface area is 133 Å². The number of carbonyl (C=O) groups is 3. The smallest absolute Gasteiger partial charge is 0.449 e. The Morgan fingerprint density at radius 1 is 1.65 bits per heavy atom. The fraction of sp³-hybridized carbons (Fsp3) is 0.333. The predicted molar refractivity (Wildman–Crippen MR) is 75.6 cm³/mol. The number of amides is 2. The van der Waals surface area contributed by atoms with Crippen molar-refractivity contribution in [2.24, 2.45) is 5.73 Å². The van der Waals surface area contributed by atoms with Crippen molar-refractivity contribution in [3.05, 3.63) is 30.3 Å². The summed E-state index contributed by atoms with van der Waals surface area (Å²) >= 11 is 1.28. The van der Waals surface area contributed by atoms with E-state index in [2.05, 4.69) is 15.0 Å². The van der Waals surface area contributed by atoms with E-state index in [1.54, 1.807) is 0 Å². The molecule has 0 spiro atoms. The lowest BCUT2D eigenvalue weighted by Crippen LogP contribution is -2.84. The first-order valence-corrected chi connectivity index (χ1v) is 7.51. The van der Waals surface area contributed by atoms with Crippen LogP contribution in [0.5, 0.6) is 0 Å². The molecule has 1 aromatic rings. The maximum atomic E-state index is 12.3. The van der Waals surface area contributed by atoms with Crippen LogP contribution in [-0.4, -0.2) is 49.7 Å². The number of nitrogens with zero attached hydrogens (tertiary/aromatic N) is 2. The van der Waals surface area contributed by atoms with E-state index in [4.69, 9.17) is 15.3 Å². The highest BCUT2D eigenvalue weighted by molar-refractivity contribution is 8.00. The van der Waals surface area contributed by atoms with Crippen LogP contribution in [-0.2, 0) is 20.7 Å². The quantitative estimate of drug-likeness (QED) is 0.372. The van der Waals surface area contributed by atoms with Crippen LogP contribution in [0.15, 0.2) is 28.8 Å². The minimum Gasteiger partial charge on any atom is -0.449 e. The number of nitrogens with two attached hydrogens (primary N) is 1. The molecule has 0 aromatic carbocycles. The van der Waals surface area contributed by atoms with Crippen molar-refractivity contribution in [2.75, 3.05) is 5.75 Å². The van der Waals surface area contributed by atoms with Crippen molar-refractivity contribution in [3.8, 4) is 0 Å². The van der Waals surface area contributed by atoms with E-state index in [1.165, 1.54) is 30.3 Å². The van der Waals surface area contributed by atoms with Crippen LogP contribution >= 0.6 is 11.8 Å². The Morgan fingerprint density at radius 2 is 2.43 bits per heavy atom. The first kappa shape index (κ1) is 15.4. The first-order chi connectivity index (χ1) is 10.9. The number of hydrogen-bond donors (Lipinski definition) is 3. The number of nitrogens with one attached hydrogen (secondary N) is 1. The third-order valence-electron chi connectivity index (χ3n) is 3.28. The number of β-lactam (4-membered cyclic amide) rings is 1. The molecule has 4 N–H and O–H groups in total. The van der Waals surface area contributed by atoms with E-state index >= 15 is 0 Å². The number of carbonyl (C=O) groups excluding carboxylic acids is 2. The number of thioether (sulfide) groups is 1. The van der Waals surface area contributed by atoms with E-state index < -0.39 is 29.0 Å². The fourth-order valence-electron chi connectivity index (χ4n) is 2.33. The summed E-state index contributed by atoms with van der Waals surface area (Å²) in [5.74, 6) is -0.692. The monoisotopic (exact) mass is 340 g/mol. The van der Waals surface area contributed by atoms with E-state index in [0.717, 1.165) is 4.90 Å². The first-order valence-electron chi connectivity index (χ1n) is 6.46. The van der Waals surface area contributed by atoms with E-state index in [0.29, 0.717) is 5.75 Å². The number of aromatic nitrogens is 1. The Kier molecular flexibility index (Phi) is 3.74. The third-order valence-corrected chi connectivity index (χ3v) is 4.54. The number of rotatable bonds is 4. The Hall–Kier alpha value is -2.53. The molecule has 122 valence electrons. The molecule has 1 saturated heterocycles. The van der Waals surface area contributed by atoms with E-state index in [1.807, 2.05) is 0 Å². The van der Waals surface area contributed by atoms with Gasteiger partial charge in [0.2, 0.25) is 23.3 Å². The number of carboxylic acid groups (broad SMARTS) is 1. The van der Waals surface area contributed by atoms with Gasteiger partial charge in [-0.3, -0.25) is 20.2 Å². The van der Waals surface area contributed by atoms with Crippen LogP contribution in [0.2, 0.25) is 0 Å². The summed E-state index contributed by atoms with van der Waals surface area (Å²) in [6.07, 6.45) is 2.49. The summed E-state index contributed by atoms with van der Waals surface area (Å²) in [5.41, 5.74) is 4.37. The summed E-state index contributed by atoms with van der Waals surface area (Å²) in [4.78, 5) is 39.8. The van der Waals surface area contributed by atoms with Crippen LogP contribution < -0.4 is 11.1 Å². The van der Waals surface area contributed by atoms with Gasteiger partial charge in [0.25, 0.3) is 5.91 Å². The van der Waals surface area contributed by atoms with Gasteiger partial charge in [-0.15, -0.1) is 11.8 Å². The van der Waals surface area contributed by atoms with Gasteiger partial charge in [0, 0.05) is 5.75 Å². The Balaban J connectivity index is 1.69. The van der Waals surface area contributed by atoms with Gasteiger partial charge in [0.1, 0.15) is 18.1 Å². The van der Waals surface area contributed by atoms with Crippen molar-refractivity contribution < 1.29 is 28.6 Å². The maximum Gasteiger partial charge on any atom is 0.512 e. The van der Waals surface area contributed by atoms with Gasteiger partial charge < -0.3 is 19.6 Å². The topological polar surface area (TPSA) is 148 Å². The molecular formula is C12H12N4O6S. The van der Waals surface area contributed by atoms with E-state index in [9.17, 15) is 14.4 Å². The zero-order valence-corrected chi connectivity index (χ0v) is 12.4. The van der Waals surface area contributed by atoms with Crippen LogP contribution in [0.4, 0.5) is 4.79 Å². The molecule has 0 saturated carbocycles. The lowest BCUT2D eigenvalue weighted by Gasteiger charge is -2.54. The predicted octanol–water partition coefficient (Wildman–Crippen LogP) is -0.561. The van der Waals surface area contributed by atoms with Gasteiger partial charge in [-0.25, -0.2) is 9.78 Å². The summed E-state index contributed by atoms with van der Waals surface area (Å²) < 4.78 is 9.51. The van der Waals surface area contributed by atoms with Gasteiger partial charge in [0.15, 0.2) is 0 Å². The second-order valence-corrected chi connectivity index (χ2v) is 5.90. The zero-order valence-electron chi connectivity index (χ0n) is 11.6. The van der Waals surface area contributed by atoms with Crippen LogP contribution in [0.3, 0.4) is 0 Å². The maximum absolute atomic E-state index is 12.3. The molecule has 2 aliphatic heterocycles. The molecule has 0 unspecified atom stereocenters. The molecule has 0 radical (unpaired) electrons. The van der Waals surface area contributed by atoms with Gasteiger partial charge in [-0.1, -0.05) is 0 Å². The average molecular weight is 340 g/mol. The number of fused-ring (bicyclic) bond motifs is 1. The lowest BCUT2D eigenvalue weighted by atomic mass is 9.99. The van der Waals surface area contributed by atoms with Gasteiger partial charge in [0.05, 0.1) is 6.20 Å². The molecule has 0 aliphatic carbocycles. The fourth-order valence-corrected chi connectivity index (χ4v) is 3.52. The number of oxazole rings is 1. The molecule has 3 heterocycles. The minimum absolute atomic E-state index is 0.103. The van der Waals surface area contributed by atoms with Gasteiger partial charge >= 0.3 is 6.16 Å². The molecule has 1 fully saturated rings. The SMILES string of the molecule is N[C@]1(NC(=O)Cc2ncco2)C(=O)N2C(OC(=O)O)=CCS[C@H]21. The van der Waals surface area contributed by atoms with Crippen molar-refractivity contribution in [3.63, 3.8) is 0 Å². The number of hydrogen-bond acceptors (Lipinski definition) is 8. The van der Waals surface area contributed by atoms with Crippen molar-refractivity contribution in [1.82, 2.24) is 15.2 Å². The molecule has 1 aromatic heterocycles. The molecule has 11 heteroatoms. The second kappa shape index (κ2) is 5.59. The summed E-state index contributed by atoms with van der Waals surface area (Å²) in [5, 5.41) is 10.5. The average Bonchev–Trinajstić information content (AvgIpc) is 2.98. The second-order valence-electron chi connectivity index (χ2n) is 4.79. The van der Waals surface area contributed by atoms with Crippen molar-refractivity contribution >= 4 is 29.7 Å². The molecule has 10 nitrogen and oxygen atoms in total. The van der Waals surface area contributed by atoms with Gasteiger partial charge in [-0.2, -0.15) is 0 Å². The van der Waals surface area contributed by atoms with Gasteiger partial charge in [-0.05, 0) is 6.08 Å². The molecule has 2 aliphatic rings. The van der Waals surface area contributed by atoms with Crippen LogP contribution in [0, 0.1) is 0 Å². The normalized spacial score (nSPS) is 26.0. The Morgan fingerprint density at radius 3 is 3.09 bits per heavy atom. The summed E-state index contributed by atoms with van der Waals surface area (Å²) in [6, 6.07) is 0. The molecule has 2 amide bonds. The highest BCUT2D eigenvalue weighted by Gasteiger charge is 2.62. The third kappa shape index (κ3) is 2.64. The molecule has 0 bridgehead atoms.